The van der Waals surface area contributed by atoms with Crippen LogP contribution in [0.2, 0.25) is 0 Å². The van der Waals surface area contributed by atoms with Gasteiger partial charge in [0.15, 0.2) is 0 Å². The third-order valence-electron chi connectivity index (χ3n) is 4.41. The number of fused-ring (bicyclic) bond motifs is 3. The van der Waals surface area contributed by atoms with Crippen LogP contribution in [0, 0.1) is 0 Å². The second-order valence-corrected chi connectivity index (χ2v) is 5.72. The van der Waals surface area contributed by atoms with Gasteiger partial charge in [-0.25, -0.2) is 9.67 Å². The van der Waals surface area contributed by atoms with E-state index in [1.165, 1.54) is 0 Å². The summed E-state index contributed by atoms with van der Waals surface area (Å²) in [6, 6.07) is 3.58. The maximum atomic E-state index is 12.6. The summed E-state index contributed by atoms with van der Waals surface area (Å²) < 4.78 is 12.8. The first-order chi connectivity index (χ1) is 11.3. The Hall–Kier alpha value is -2.48. The molecule has 2 aromatic heterocycles. The Labute approximate surface area is 133 Å². The largest absolute Gasteiger partial charge is 0.481 e. The summed E-state index contributed by atoms with van der Waals surface area (Å²) in [7, 11) is 1.55. The van der Waals surface area contributed by atoms with E-state index in [2.05, 4.69) is 15.3 Å². The Morgan fingerprint density at radius 3 is 3.09 bits per heavy atom. The predicted octanol–water partition coefficient (Wildman–Crippen LogP) is 0.668. The Morgan fingerprint density at radius 1 is 1.39 bits per heavy atom. The van der Waals surface area contributed by atoms with Crippen LogP contribution in [0.25, 0.3) is 0 Å². The lowest BCUT2D eigenvalue weighted by atomic mass is 9.99. The lowest BCUT2D eigenvalue weighted by Gasteiger charge is -2.40. The zero-order valence-corrected chi connectivity index (χ0v) is 12.8. The van der Waals surface area contributed by atoms with Gasteiger partial charge in [-0.2, -0.15) is 0 Å². The lowest BCUT2D eigenvalue weighted by molar-refractivity contribution is -0.0627. The summed E-state index contributed by atoms with van der Waals surface area (Å²) in [5.41, 5.74) is 1.55. The van der Waals surface area contributed by atoms with Crippen molar-refractivity contribution in [1.82, 2.24) is 24.9 Å². The summed E-state index contributed by atoms with van der Waals surface area (Å²) >= 11 is 0. The van der Waals surface area contributed by atoms with Crippen LogP contribution >= 0.6 is 0 Å². The highest BCUT2D eigenvalue weighted by Crippen LogP contribution is 2.30. The van der Waals surface area contributed by atoms with Crippen molar-refractivity contribution in [2.45, 2.75) is 25.2 Å². The van der Waals surface area contributed by atoms with E-state index in [0.717, 1.165) is 12.1 Å². The van der Waals surface area contributed by atoms with Crippen LogP contribution in [0.15, 0.2) is 24.5 Å². The zero-order chi connectivity index (χ0) is 15.8. The quantitative estimate of drug-likeness (QED) is 0.810. The summed E-state index contributed by atoms with van der Waals surface area (Å²) in [4.78, 5) is 18.5. The molecule has 8 nitrogen and oxygen atoms in total. The number of hydrogen-bond donors (Lipinski definition) is 0. The highest BCUT2D eigenvalue weighted by atomic mass is 16.5. The van der Waals surface area contributed by atoms with Crippen LogP contribution in [-0.4, -0.2) is 57.1 Å². The molecule has 1 fully saturated rings. The topological polar surface area (TPSA) is 82.4 Å². The SMILES string of the molecule is COc1ccc(C(=O)N2CC[C@H]3[C@H](C2)OCc2cnnn23)cn1. The molecule has 1 saturated heterocycles. The van der Waals surface area contributed by atoms with Crippen molar-refractivity contribution in [3.63, 3.8) is 0 Å². The number of likely N-dealkylation sites (tertiary alicyclic amines) is 1. The number of amides is 1. The van der Waals surface area contributed by atoms with Crippen LogP contribution in [-0.2, 0) is 11.3 Å². The Bertz CT molecular complexity index is 714. The second kappa shape index (κ2) is 5.62. The van der Waals surface area contributed by atoms with Gasteiger partial charge < -0.3 is 14.4 Å². The van der Waals surface area contributed by atoms with E-state index < -0.39 is 0 Å². The predicted molar refractivity (Wildman–Crippen MR) is 78.9 cm³/mol. The fraction of sp³-hybridized carbons (Fsp3) is 0.467. The minimum Gasteiger partial charge on any atom is -0.481 e. The van der Waals surface area contributed by atoms with Crippen molar-refractivity contribution in [2.24, 2.45) is 0 Å². The van der Waals surface area contributed by atoms with Gasteiger partial charge in [0.25, 0.3) is 5.91 Å². The Balaban J connectivity index is 1.49. The molecule has 0 spiro atoms. The molecule has 4 heterocycles. The van der Waals surface area contributed by atoms with Crippen LogP contribution in [0.1, 0.15) is 28.5 Å². The van der Waals surface area contributed by atoms with E-state index in [9.17, 15) is 4.79 Å². The van der Waals surface area contributed by atoms with Gasteiger partial charge in [-0.1, -0.05) is 5.21 Å². The molecule has 8 heteroatoms. The minimum absolute atomic E-state index is 0.0356. The number of hydrogen-bond acceptors (Lipinski definition) is 6. The first-order valence-electron chi connectivity index (χ1n) is 7.56. The number of carbonyl (C=O) groups excluding carboxylic acids is 1. The van der Waals surface area contributed by atoms with E-state index in [1.54, 1.807) is 31.6 Å². The van der Waals surface area contributed by atoms with E-state index in [4.69, 9.17) is 9.47 Å². The van der Waals surface area contributed by atoms with Crippen molar-refractivity contribution in [3.05, 3.63) is 35.8 Å². The number of nitrogens with zero attached hydrogens (tertiary/aromatic N) is 5. The summed E-state index contributed by atoms with van der Waals surface area (Å²) in [6.45, 7) is 1.70. The standard InChI is InChI=1S/C15H17N5O3/c1-22-14-3-2-10(6-16-14)15(21)19-5-4-12-13(8-19)23-9-11-7-17-18-20(11)12/h2-3,6-7,12-13H,4-5,8-9H2,1H3/t12-,13-/m0/s1. The second-order valence-electron chi connectivity index (χ2n) is 5.72. The number of piperidine rings is 1. The zero-order valence-electron chi connectivity index (χ0n) is 12.8. The third kappa shape index (κ3) is 2.44. The number of pyridine rings is 1. The van der Waals surface area contributed by atoms with Crippen LogP contribution in [0.3, 0.4) is 0 Å². The molecule has 0 aliphatic carbocycles. The van der Waals surface area contributed by atoms with Crippen LogP contribution in [0.4, 0.5) is 0 Å². The molecule has 23 heavy (non-hydrogen) atoms. The maximum absolute atomic E-state index is 12.6. The first-order valence-corrected chi connectivity index (χ1v) is 7.56. The van der Waals surface area contributed by atoms with Crippen molar-refractivity contribution in [3.8, 4) is 5.88 Å². The van der Waals surface area contributed by atoms with Gasteiger partial charge in [0.05, 0.1) is 43.3 Å². The monoisotopic (exact) mass is 315 g/mol. The molecular formula is C15H17N5O3. The summed E-state index contributed by atoms with van der Waals surface area (Å²) in [5, 5.41) is 8.09. The number of carbonyl (C=O) groups is 1. The van der Waals surface area contributed by atoms with E-state index in [-0.39, 0.29) is 18.1 Å². The Kier molecular flexibility index (Phi) is 3.45. The molecule has 2 aliphatic rings. The van der Waals surface area contributed by atoms with Crippen molar-refractivity contribution >= 4 is 5.91 Å². The molecule has 2 atom stereocenters. The molecule has 0 bridgehead atoms. The molecule has 1 amide bonds. The van der Waals surface area contributed by atoms with Crippen molar-refractivity contribution in [1.29, 1.82) is 0 Å². The van der Waals surface area contributed by atoms with Gasteiger partial charge in [-0.05, 0) is 12.5 Å². The third-order valence-corrected chi connectivity index (χ3v) is 4.41. The van der Waals surface area contributed by atoms with Gasteiger partial charge in [0.1, 0.15) is 0 Å². The lowest BCUT2D eigenvalue weighted by Crippen LogP contribution is -2.50. The summed E-state index contributed by atoms with van der Waals surface area (Å²) in [6.07, 6.45) is 4.03. The van der Waals surface area contributed by atoms with Gasteiger partial charge in [-0.3, -0.25) is 4.79 Å². The van der Waals surface area contributed by atoms with Crippen molar-refractivity contribution < 1.29 is 14.3 Å². The molecule has 0 aromatic carbocycles. The molecule has 0 N–H and O–H groups in total. The van der Waals surface area contributed by atoms with Gasteiger partial charge >= 0.3 is 0 Å². The van der Waals surface area contributed by atoms with Gasteiger partial charge in [-0.15, -0.1) is 5.10 Å². The Morgan fingerprint density at radius 2 is 2.30 bits per heavy atom. The molecule has 2 aliphatic heterocycles. The fourth-order valence-electron chi connectivity index (χ4n) is 3.18. The average molecular weight is 315 g/mol. The molecule has 0 saturated carbocycles. The minimum atomic E-state index is -0.0480. The number of ether oxygens (including phenoxy) is 2. The molecule has 120 valence electrons. The number of rotatable bonds is 2. The number of aromatic nitrogens is 4. The highest BCUT2D eigenvalue weighted by molar-refractivity contribution is 5.94. The van der Waals surface area contributed by atoms with Gasteiger partial charge in [0.2, 0.25) is 5.88 Å². The van der Waals surface area contributed by atoms with Gasteiger partial charge in [0, 0.05) is 25.4 Å². The molecule has 2 aromatic rings. The number of methoxy groups -OCH3 is 1. The van der Waals surface area contributed by atoms with Crippen molar-refractivity contribution in [2.75, 3.05) is 20.2 Å². The van der Waals surface area contributed by atoms with E-state index in [1.807, 2.05) is 9.58 Å². The smallest absolute Gasteiger partial charge is 0.255 e. The highest BCUT2D eigenvalue weighted by Gasteiger charge is 2.37. The average Bonchev–Trinajstić information content (AvgIpc) is 3.10. The van der Waals surface area contributed by atoms with E-state index in [0.29, 0.717) is 31.1 Å². The molecular weight excluding hydrogens is 298 g/mol. The molecule has 4 rings (SSSR count). The van der Waals surface area contributed by atoms with Crippen LogP contribution in [0.5, 0.6) is 5.88 Å². The van der Waals surface area contributed by atoms with E-state index >= 15 is 0 Å². The maximum Gasteiger partial charge on any atom is 0.255 e. The first kappa shape index (κ1) is 14.1. The fourth-order valence-corrected chi connectivity index (χ4v) is 3.18. The molecule has 0 unspecified atom stereocenters. The van der Waals surface area contributed by atoms with Crippen LogP contribution < -0.4 is 4.74 Å². The molecule has 0 radical (unpaired) electrons. The normalized spacial score (nSPS) is 23.1. The summed E-state index contributed by atoms with van der Waals surface area (Å²) in [5.74, 6) is 0.459.